The van der Waals surface area contributed by atoms with Gasteiger partial charge in [-0.15, -0.1) is 0 Å². The highest BCUT2D eigenvalue weighted by Gasteiger charge is 2.38. The van der Waals surface area contributed by atoms with E-state index in [1.54, 1.807) is 7.05 Å². The number of ether oxygens (including phenoxy) is 1. The summed E-state index contributed by atoms with van der Waals surface area (Å²) in [6.07, 6.45) is 1.25. The largest absolute Gasteiger partial charge is 0.546 e. The van der Waals surface area contributed by atoms with Gasteiger partial charge in [0.25, 0.3) is 0 Å². The van der Waals surface area contributed by atoms with Crippen LogP contribution >= 0.6 is 0 Å². The highest BCUT2D eigenvalue weighted by Crippen LogP contribution is 2.40. The summed E-state index contributed by atoms with van der Waals surface area (Å²) in [7, 11) is -0.0958. The molecule has 1 aromatic rings. The predicted molar refractivity (Wildman–Crippen MR) is 98.7 cm³/mol. The highest BCUT2D eigenvalue weighted by atomic mass is 28.4. The van der Waals surface area contributed by atoms with Gasteiger partial charge >= 0.3 is 5.69 Å². The van der Waals surface area contributed by atoms with Gasteiger partial charge in [0.15, 0.2) is 0 Å². The SMILES string of the molecule is CC[Si](CC)(CC)OC1=C(C)C(C)OC(c2c([N+](=O)[O-])cnn2C)C1. The van der Waals surface area contributed by atoms with Crippen LogP contribution in [-0.4, -0.2) is 29.1 Å². The Kier molecular flexibility index (Phi) is 6.05. The summed E-state index contributed by atoms with van der Waals surface area (Å²) >= 11 is 0. The normalized spacial score (nSPS) is 21.5. The van der Waals surface area contributed by atoms with Gasteiger partial charge in [-0.3, -0.25) is 14.8 Å². The van der Waals surface area contributed by atoms with Crippen LogP contribution in [0, 0.1) is 10.1 Å². The van der Waals surface area contributed by atoms with Crippen LogP contribution in [0.2, 0.25) is 18.1 Å². The lowest BCUT2D eigenvalue weighted by atomic mass is 10.0. The van der Waals surface area contributed by atoms with Gasteiger partial charge in [0, 0.05) is 13.5 Å². The van der Waals surface area contributed by atoms with Crippen LogP contribution in [0.1, 0.15) is 52.8 Å². The van der Waals surface area contributed by atoms with E-state index in [9.17, 15) is 10.1 Å². The van der Waals surface area contributed by atoms with E-state index >= 15 is 0 Å². The second kappa shape index (κ2) is 7.70. The molecule has 1 aromatic heterocycles. The molecule has 0 spiro atoms. The number of rotatable bonds is 7. The number of aromatic nitrogens is 2. The molecule has 0 amide bonds. The first-order chi connectivity index (χ1) is 11.8. The van der Waals surface area contributed by atoms with E-state index in [1.165, 1.54) is 10.9 Å². The van der Waals surface area contributed by atoms with Gasteiger partial charge in [-0.05, 0) is 37.6 Å². The van der Waals surface area contributed by atoms with Gasteiger partial charge in [0.2, 0.25) is 8.32 Å². The summed E-state index contributed by atoms with van der Waals surface area (Å²) in [6, 6.07) is 3.17. The fourth-order valence-electron chi connectivity index (χ4n) is 3.41. The molecule has 7 nitrogen and oxygen atoms in total. The molecular weight excluding hydrogens is 338 g/mol. The van der Waals surface area contributed by atoms with Crippen molar-refractivity contribution in [1.82, 2.24) is 9.78 Å². The van der Waals surface area contributed by atoms with E-state index in [1.807, 2.05) is 13.8 Å². The van der Waals surface area contributed by atoms with E-state index in [2.05, 4.69) is 25.9 Å². The molecule has 0 radical (unpaired) electrons. The molecule has 0 bridgehead atoms. The van der Waals surface area contributed by atoms with Gasteiger partial charge in [0.1, 0.15) is 18.0 Å². The molecule has 2 atom stereocenters. The molecule has 0 aliphatic carbocycles. The van der Waals surface area contributed by atoms with Crippen LogP contribution in [0.3, 0.4) is 0 Å². The molecule has 2 unspecified atom stereocenters. The Bertz CT molecular complexity index is 659. The molecule has 140 valence electrons. The zero-order valence-corrected chi connectivity index (χ0v) is 17.0. The third-order valence-electron chi connectivity index (χ3n) is 5.53. The fourth-order valence-corrected chi connectivity index (χ4v) is 6.11. The average molecular weight is 368 g/mol. The van der Waals surface area contributed by atoms with E-state index < -0.39 is 19.3 Å². The minimum absolute atomic E-state index is 0.00332. The van der Waals surface area contributed by atoms with Crippen molar-refractivity contribution in [3.8, 4) is 0 Å². The first-order valence-electron chi connectivity index (χ1n) is 8.98. The third kappa shape index (κ3) is 3.79. The first-order valence-corrected chi connectivity index (χ1v) is 11.5. The molecule has 2 heterocycles. The Hall–Kier alpha value is -1.67. The highest BCUT2D eigenvalue weighted by molar-refractivity contribution is 6.73. The molecule has 0 saturated carbocycles. The molecule has 1 aliphatic heterocycles. The zero-order valence-electron chi connectivity index (χ0n) is 16.0. The maximum atomic E-state index is 11.3. The number of hydrogen-bond donors (Lipinski definition) is 0. The monoisotopic (exact) mass is 367 g/mol. The van der Waals surface area contributed by atoms with E-state index in [0.717, 1.165) is 29.5 Å². The Morgan fingerprint density at radius 3 is 2.52 bits per heavy atom. The van der Waals surface area contributed by atoms with Gasteiger partial charge in [-0.25, -0.2) is 0 Å². The van der Waals surface area contributed by atoms with Gasteiger partial charge in [-0.1, -0.05) is 20.8 Å². The van der Waals surface area contributed by atoms with Crippen molar-refractivity contribution in [2.75, 3.05) is 0 Å². The van der Waals surface area contributed by atoms with E-state index in [-0.39, 0.29) is 11.8 Å². The number of aryl methyl sites for hydroxylation is 1. The second-order valence-corrected chi connectivity index (χ2v) is 11.4. The molecule has 0 saturated heterocycles. The Morgan fingerprint density at radius 1 is 1.40 bits per heavy atom. The Morgan fingerprint density at radius 2 is 2.00 bits per heavy atom. The third-order valence-corrected chi connectivity index (χ3v) is 10.1. The number of hydrogen-bond acceptors (Lipinski definition) is 5. The zero-order chi connectivity index (χ0) is 18.8. The van der Waals surface area contributed by atoms with E-state index in [0.29, 0.717) is 12.1 Å². The summed E-state index contributed by atoms with van der Waals surface area (Å²) in [4.78, 5) is 10.9. The molecule has 25 heavy (non-hydrogen) atoms. The minimum Gasteiger partial charge on any atom is -0.546 e. The summed E-state index contributed by atoms with van der Waals surface area (Å²) in [5.74, 6) is 0.955. The van der Waals surface area contributed by atoms with Crippen LogP contribution in [-0.2, 0) is 16.2 Å². The molecular formula is C17H29N3O4Si. The van der Waals surface area contributed by atoms with Crippen molar-refractivity contribution in [1.29, 1.82) is 0 Å². The molecule has 0 aromatic carbocycles. The lowest BCUT2D eigenvalue weighted by Gasteiger charge is -2.37. The summed E-state index contributed by atoms with van der Waals surface area (Å²) in [5.41, 5.74) is 1.60. The second-order valence-electron chi connectivity index (χ2n) is 6.72. The quantitative estimate of drug-likeness (QED) is 0.403. The Labute approximate surface area is 150 Å². The number of nitrogens with zero attached hydrogens (tertiary/aromatic N) is 3. The summed E-state index contributed by atoms with van der Waals surface area (Å²) < 4.78 is 14.2. The molecule has 0 fully saturated rings. The maximum Gasteiger partial charge on any atom is 0.312 e. The molecule has 0 N–H and O–H groups in total. The van der Waals surface area contributed by atoms with Crippen LogP contribution in [0.5, 0.6) is 0 Å². The summed E-state index contributed by atoms with van der Waals surface area (Å²) in [5, 5.41) is 15.4. The number of nitro groups is 1. The van der Waals surface area contributed by atoms with Crippen LogP contribution in [0.25, 0.3) is 0 Å². The lowest BCUT2D eigenvalue weighted by molar-refractivity contribution is -0.386. The van der Waals surface area contributed by atoms with Crippen LogP contribution in [0.4, 0.5) is 5.69 Å². The van der Waals surface area contributed by atoms with Crippen molar-refractivity contribution in [3.05, 3.63) is 33.3 Å². The smallest absolute Gasteiger partial charge is 0.312 e. The topological polar surface area (TPSA) is 79.4 Å². The minimum atomic E-state index is -1.81. The van der Waals surface area contributed by atoms with Crippen LogP contribution in [0.15, 0.2) is 17.5 Å². The average Bonchev–Trinajstić information content (AvgIpc) is 2.98. The van der Waals surface area contributed by atoms with E-state index in [4.69, 9.17) is 9.16 Å². The standard InChI is InChI=1S/C17H29N3O4Si/c1-7-25(8-2,9-3)24-15-10-16(23-13(5)12(15)4)17-14(20(21)22)11-18-19(17)6/h11,13,16H,7-10H2,1-6H3. The van der Waals surface area contributed by atoms with Gasteiger partial charge in [0.05, 0.1) is 16.8 Å². The van der Waals surface area contributed by atoms with Crippen molar-refractivity contribution in [2.45, 2.75) is 71.4 Å². The molecule has 8 heteroatoms. The summed E-state index contributed by atoms with van der Waals surface area (Å²) in [6.45, 7) is 10.6. The molecule has 1 aliphatic rings. The van der Waals surface area contributed by atoms with Gasteiger partial charge in [-0.2, -0.15) is 5.10 Å². The molecule has 2 rings (SSSR count). The van der Waals surface area contributed by atoms with Crippen molar-refractivity contribution in [3.63, 3.8) is 0 Å². The predicted octanol–water partition coefficient (Wildman–Crippen LogP) is 4.47. The van der Waals surface area contributed by atoms with Crippen molar-refractivity contribution < 1.29 is 14.1 Å². The Balaban J connectivity index is 2.36. The fraction of sp³-hybridized carbons (Fsp3) is 0.706. The van der Waals surface area contributed by atoms with Crippen molar-refractivity contribution in [2.24, 2.45) is 7.05 Å². The maximum absolute atomic E-state index is 11.3. The lowest BCUT2D eigenvalue weighted by Crippen LogP contribution is -2.37. The first kappa shape index (κ1) is 19.6. The van der Waals surface area contributed by atoms with Crippen molar-refractivity contribution >= 4 is 14.0 Å². The van der Waals surface area contributed by atoms with Crippen LogP contribution < -0.4 is 0 Å². The van der Waals surface area contributed by atoms with Gasteiger partial charge < -0.3 is 9.16 Å².